The number of pyridine rings is 1. The number of hydrogen-bond donors (Lipinski definition) is 1. The molecule has 1 unspecified atom stereocenters. The summed E-state index contributed by atoms with van der Waals surface area (Å²) in [6, 6.07) is 13.5. The third-order valence-electron chi connectivity index (χ3n) is 7.02. The molecule has 39 heavy (non-hydrogen) atoms. The van der Waals surface area contributed by atoms with Gasteiger partial charge in [0.25, 0.3) is 5.91 Å². The highest BCUT2D eigenvalue weighted by molar-refractivity contribution is 9.10. The normalized spacial score (nSPS) is 14.8. The van der Waals surface area contributed by atoms with Crippen LogP contribution in [0.1, 0.15) is 80.3 Å². The quantitative estimate of drug-likeness (QED) is 0.265. The third-order valence-corrected chi connectivity index (χ3v) is 7.86. The van der Waals surface area contributed by atoms with Gasteiger partial charge in [-0.25, -0.2) is 4.98 Å². The molecule has 1 aromatic heterocycles. The molecule has 1 fully saturated rings. The van der Waals surface area contributed by atoms with E-state index < -0.39 is 5.60 Å². The van der Waals surface area contributed by atoms with Crippen molar-refractivity contribution in [3.63, 3.8) is 0 Å². The minimum absolute atomic E-state index is 0.156. The number of esters is 1. The summed E-state index contributed by atoms with van der Waals surface area (Å²) >= 11 is 10.1. The van der Waals surface area contributed by atoms with Crippen molar-refractivity contribution in [3.05, 3.63) is 68.7 Å². The van der Waals surface area contributed by atoms with Crippen molar-refractivity contribution in [3.8, 4) is 0 Å². The molecule has 0 aliphatic carbocycles. The van der Waals surface area contributed by atoms with Gasteiger partial charge in [-0.15, -0.1) is 0 Å². The second-order valence-corrected chi connectivity index (χ2v) is 12.5. The van der Waals surface area contributed by atoms with E-state index in [0.29, 0.717) is 23.6 Å². The largest absolute Gasteiger partial charge is 0.460 e. The standard InChI is InChI=1S/C31H37BrClN3O3/c1-20-28(24-18-22(32)13-14-26(24)35-29(20)36-16-8-5-9-17-36)30(38)34-19-21(23-10-6-7-11-25(23)33)12-15-27(37)39-31(2,3)4/h6-7,10-11,13-14,18,21H,5,8-9,12,15-17,19H2,1-4H3,(H,34,38). The highest BCUT2D eigenvalue weighted by Gasteiger charge is 2.25. The van der Waals surface area contributed by atoms with Gasteiger partial charge in [0, 0.05) is 52.4 Å². The van der Waals surface area contributed by atoms with E-state index in [4.69, 9.17) is 21.3 Å². The van der Waals surface area contributed by atoms with Crippen molar-refractivity contribution in [2.45, 2.75) is 71.3 Å². The summed E-state index contributed by atoms with van der Waals surface area (Å²) in [6.07, 6.45) is 4.19. The van der Waals surface area contributed by atoms with E-state index in [9.17, 15) is 9.59 Å². The van der Waals surface area contributed by atoms with Crippen LogP contribution < -0.4 is 10.2 Å². The smallest absolute Gasteiger partial charge is 0.306 e. The van der Waals surface area contributed by atoms with E-state index in [1.165, 1.54) is 6.42 Å². The number of aromatic nitrogens is 1. The number of amides is 1. The summed E-state index contributed by atoms with van der Waals surface area (Å²) in [4.78, 5) is 33.6. The first-order valence-corrected chi connectivity index (χ1v) is 14.8. The monoisotopic (exact) mass is 613 g/mol. The average Bonchev–Trinajstić information content (AvgIpc) is 2.88. The molecule has 4 rings (SSSR count). The molecule has 3 aromatic rings. The van der Waals surface area contributed by atoms with Gasteiger partial charge in [0.15, 0.2) is 0 Å². The van der Waals surface area contributed by atoms with E-state index in [1.54, 1.807) is 0 Å². The van der Waals surface area contributed by atoms with Gasteiger partial charge in [0.2, 0.25) is 0 Å². The first kappa shape index (κ1) is 29.3. The van der Waals surface area contributed by atoms with Gasteiger partial charge in [-0.3, -0.25) is 9.59 Å². The molecule has 1 N–H and O–H groups in total. The van der Waals surface area contributed by atoms with Crippen molar-refractivity contribution in [1.82, 2.24) is 10.3 Å². The number of nitrogens with one attached hydrogen (secondary N) is 1. The molecule has 1 aliphatic heterocycles. The van der Waals surface area contributed by atoms with Crippen LogP contribution in [0.15, 0.2) is 46.9 Å². The zero-order chi connectivity index (χ0) is 28.2. The number of nitrogens with zero attached hydrogens (tertiary/aromatic N) is 2. The second-order valence-electron chi connectivity index (χ2n) is 11.2. The SMILES string of the molecule is Cc1c(N2CCCCC2)nc2ccc(Br)cc2c1C(=O)NCC(CCC(=O)OC(C)(C)C)c1ccccc1Cl. The lowest BCUT2D eigenvalue weighted by Crippen LogP contribution is -2.33. The maximum atomic E-state index is 13.9. The second kappa shape index (κ2) is 12.7. The van der Waals surface area contributed by atoms with E-state index in [1.807, 2.05) is 70.2 Å². The van der Waals surface area contributed by atoms with Crippen molar-refractivity contribution < 1.29 is 14.3 Å². The molecule has 0 radical (unpaired) electrons. The van der Waals surface area contributed by atoms with E-state index in [-0.39, 0.29) is 24.2 Å². The summed E-state index contributed by atoms with van der Waals surface area (Å²) < 4.78 is 6.41. The summed E-state index contributed by atoms with van der Waals surface area (Å²) in [5, 5.41) is 4.59. The number of fused-ring (bicyclic) bond motifs is 1. The van der Waals surface area contributed by atoms with E-state index >= 15 is 0 Å². The lowest BCUT2D eigenvalue weighted by Gasteiger charge is -2.30. The van der Waals surface area contributed by atoms with Crippen LogP contribution in [-0.4, -0.2) is 42.1 Å². The minimum atomic E-state index is -0.550. The third kappa shape index (κ3) is 7.52. The predicted molar refractivity (Wildman–Crippen MR) is 162 cm³/mol. The molecule has 2 aromatic carbocycles. The molecule has 208 valence electrons. The van der Waals surface area contributed by atoms with Crippen molar-refractivity contribution in [2.75, 3.05) is 24.5 Å². The number of rotatable bonds is 8. The Balaban J connectivity index is 1.62. The van der Waals surface area contributed by atoms with E-state index in [2.05, 4.69) is 26.1 Å². The topological polar surface area (TPSA) is 71.5 Å². The van der Waals surface area contributed by atoms with Gasteiger partial charge >= 0.3 is 5.97 Å². The van der Waals surface area contributed by atoms with Crippen LogP contribution in [0.5, 0.6) is 0 Å². The van der Waals surface area contributed by atoms with Gasteiger partial charge < -0.3 is 15.0 Å². The van der Waals surface area contributed by atoms with Crippen molar-refractivity contribution >= 4 is 56.1 Å². The molecule has 0 saturated carbocycles. The molecule has 1 atom stereocenters. The number of benzene rings is 2. The number of carbonyl (C=O) groups excluding carboxylic acids is 2. The number of ether oxygens (including phenoxy) is 1. The fraction of sp³-hybridized carbons (Fsp3) is 0.452. The number of anilines is 1. The number of halogens is 2. The van der Waals surface area contributed by atoms with Gasteiger partial charge in [0.05, 0.1) is 11.1 Å². The zero-order valence-electron chi connectivity index (χ0n) is 23.2. The van der Waals surface area contributed by atoms with Crippen LogP contribution in [0, 0.1) is 6.92 Å². The van der Waals surface area contributed by atoms with Crippen LogP contribution in [-0.2, 0) is 9.53 Å². The Labute approximate surface area is 244 Å². The molecule has 0 spiro atoms. The highest BCUT2D eigenvalue weighted by Crippen LogP contribution is 2.33. The molecular formula is C31H37BrClN3O3. The van der Waals surface area contributed by atoms with Crippen LogP contribution in [0.3, 0.4) is 0 Å². The Morgan fingerprint density at radius 2 is 1.85 bits per heavy atom. The number of carbonyl (C=O) groups is 2. The Morgan fingerprint density at radius 1 is 1.13 bits per heavy atom. The maximum Gasteiger partial charge on any atom is 0.306 e. The number of hydrogen-bond acceptors (Lipinski definition) is 5. The molecular weight excluding hydrogens is 578 g/mol. The van der Waals surface area contributed by atoms with Crippen LogP contribution >= 0.6 is 27.5 Å². The Hall–Kier alpha value is -2.64. The zero-order valence-corrected chi connectivity index (χ0v) is 25.5. The molecule has 2 heterocycles. The Kier molecular flexibility index (Phi) is 9.55. The van der Waals surface area contributed by atoms with Crippen LogP contribution in [0.2, 0.25) is 5.02 Å². The fourth-order valence-electron chi connectivity index (χ4n) is 5.19. The fourth-order valence-corrected chi connectivity index (χ4v) is 5.84. The maximum absolute atomic E-state index is 13.9. The van der Waals surface area contributed by atoms with Gasteiger partial charge in [-0.05, 0) is 83.2 Å². The Morgan fingerprint density at radius 3 is 2.54 bits per heavy atom. The van der Waals surface area contributed by atoms with Gasteiger partial charge in [0.1, 0.15) is 11.4 Å². The lowest BCUT2D eigenvalue weighted by atomic mass is 9.93. The first-order valence-electron chi connectivity index (χ1n) is 13.6. The van der Waals surface area contributed by atoms with Gasteiger partial charge in [-0.2, -0.15) is 0 Å². The minimum Gasteiger partial charge on any atom is -0.460 e. The number of piperidine rings is 1. The lowest BCUT2D eigenvalue weighted by molar-refractivity contribution is -0.155. The Bertz CT molecular complexity index is 1350. The molecule has 1 saturated heterocycles. The summed E-state index contributed by atoms with van der Waals surface area (Å²) in [5.74, 6) is 0.294. The van der Waals surface area contributed by atoms with Gasteiger partial charge in [-0.1, -0.05) is 45.7 Å². The summed E-state index contributed by atoms with van der Waals surface area (Å²) in [6.45, 7) is 9.77. The molecule has 0 bridgehead atoms. The molecule has 1 amide bonds. The van der Waals surface area contributed by atoms with Crippen LogP contribution in [0.4, 0.5) is 5.82 Å². The van der Waals surface area contributed by atoms with Crippen LogP contribution in [0.25, 0.3) is 10.9 Å². The average molecular weight is 615 g/mol. The first-order chi connectivity index (χ1) is 18.5. The molecule has 6 nitrogen and oxygen atoms in total. The van der Waals surface area contributed by atoms with Crippen molar-refractivity contribution in [2.24, 2.45) is 0 Å². The predicted octanol–water partition coefficient (Wildman–Crippen LogP) is 7.58. The molecule has 8 heteroatoms. The summed E-state index contributed by atoms with van der Waals surface area (Å²) in [7, 11) is 0. The highest BCUT2D eigenvalue weighted by atomic mass is 79.9. The molecule has 1 aliphatic rings. The van der Waals surface area contributed by atoms with E-state index in [0.717, 1.165) is 58.3 Å². The summed E-state index contributed by atoms with van der Waals surface area (Å²) in [5.41, 5.74) is 2.65. The van der Waals surface area contributed by atoms with Crippen molar-refractivity contribution in [1.29, 1.82) is 0 Å².